The van der Waals surface area contributed by atoms with Gasteiger partial charge in [0, 0.05) is 57.8 Å². The van der Waals surface area contributed by atoms with E-state index in [1.54, 1.807) is 10.9 Å². The van der Waals surface area contributed by atoms with E-state index in [9.17, 15) is 4.79 Å². The summed E-state index contributed by atoms with van der Waals surface area (Å²) >= 11 is 0. The van der Waals surface area contributed by atoms with Crippen LogP contribution >= 0.6 is 0 Å². The van der Waals surface area contributed by atoms with Crippen LogP contribution in [0.5, 0.6) is 0 Å². The Balaban J connectivity index is 1.77. The van der Waals surface area contributed by atoms with Crippen LogP contribution in [0, 0.1) is 6.92 Å². The summed E-state index contributed by atoms with van der Waals surface area (Å²) in [5, 5.41) is 4.15. The van der Waals surface area contributed by atoms with Gasteiger partial charge >= 0.3 is 0 Å². The van der Waals surface area contributed by atoms with E-state index in [1.165, 1.54) is 0 Å². The van der Waals surface area contributed by atoms with Crippen molar-refractivity contribution in [2.45, 2.75) is 25.8 Å². The van der Waals surface area contributed by atoms with Gasteiger partial charge in [-0.2, -0.15) is 5.10 Å². The first-order valence-electron chi connectivity index (χ1n) is 8.82. The molecule has 140 valence electrons. The zero-order valence-corrected chi connectivity index (χ0v) is 15.8. The monoisotopic (exact) mass is 358 g/mol. The largest absolute Gasteiger partial charge is 0.377 e. The molecule has 2 aromatic rings. The SMILES string of the molecule is Cc1cc(N(C)C)nc(C2COCCN2C(=O)CCc2ccnn2C)n1. The molecule has 0 bridgehead atoms. The maximum absolute atomic E-state index is 12.9. The van der Waals surface area contributed by atoms with E-state index in [-0.39, 0.29) is 11.9 Å². The number of nitrogens with zero attached hydrogens (tertiary/aromatic N) is 6. The van der Waals surface area contributed by atoms with Crippen molar-refractivity contribution in [2.24, 2.45) is 7.05 Å². The Labute approximate surface area is 153 Å². The van der Waals surface area contributed by atoms with E-state index < -0.39 is 0 Å². The summed E-state index contributed by atoms with van der Waals surface area (Å²) in [5.41, 5.74) is 1.93. The van der Waals surface area contributed by atoms with Gasteiger partial charge in [-0.25, -0.2) is 9.97 Å². The zero-order valence-electron chi connectivity index (χ0n) is 15.8. The Kier molecular flexibility index (Phi) is 5.51. The first-order valence-corrected chi connectivity index (χ1v) is 8.82. The van der Waals surface area contributed by atoms with Crippen LogP contribution in [-0.2, 0) is 23.0 Å². The Morgan fingerprint density at radius 2 is 2.19 bits per heavy atom. The maximum atomic E-state index is 12.9. The molecule has 0 aliphatic carbocycles. The molecule has 8 heteroatoms. The van der Waals surface area contributed by atoms with Crippen LogP contribution in [0.25, 0.3) is 0 Å². The quantitative estimate of drug-likeness (QED) is 0.797. The van der Waals surface area contributed by atoms with E-state index in [4.69, 9.17) is 4.74 Å². The molecule has 26 heavy (non-hydrogen) atoms. The zero-order chi connectivity index (χ0) is 18.7. The fourth-order valence-electron chi connectivity index (χ4n) is 3.09. The highest BCUT2D eigenvalue weighted by Crippen LogP contribution is 2.24. The Hall–Kier alpha value is -2.48. The van der Waals surface area contributed by atoms with Gasteiger partial charge < -0.3 is 14.5 Å². The predicted molar refractivity (Wildman–Crippen MR) is 97.9 cm³/mol. The molecule has 0 N–H and O–H groups in total. The number of amides is 1. The van der Waals surface area contributed by atoms with Gasteiger partial charge in [-0.1, -0.05) is 0 Å². The van der Waals surface area contributed by atoms with Crippen molar-refractivity contribution in [2.75, 3.05) is 38.8 Å². The Bertz CT molecular complexity index is 773. The Morgan fingerprint density at radius 1 is 1.38 bits per heavy atom. The second-order valence-corrected chi connectivity index (χ2v) is 6.74. The number of carbonyl (C=O) groups is 1. The van der Waals surface area contributed by atoms with E-state index in [0.29, 0.717) is 38.4 Å². The number of aromatic nitrogens is 4. The normalized spacial score (nSPS) is 17.4. The van der Waals surface area contributed by atoms with Crippen molar-refractivity contribution in [1.29, 1.82) is 0 Å². The molecule has 1 aliphatic heterocycles. The number of carbonyl (C=O) groups excluding carboxylic acids is 1. The summed E-state index contributed by atoms with van der Waals surface area (Å²) < 4.78 is 7.43. The molecule has 1 atom stereocenters. The lowest BCUT2D eigenvalue weighted by Crippen LogP contribution is -2.44. The highest BCUT2D eigenvalue weighted by Gasteiger charge is 2.31. The number of rotatable bonds is 5. The van der Waals surface area contributed by atoms with Gasteiger partial charge in [-0.3, -0.25) is 9.48 Å². The third-order valence-corrected chi connectivity index (χ3v) is 4.58. The van der Waals surface area contributed by atoms with Crippen molar-refractivity contribution in [3.63, 3.8) is 0 Å². The van der Waals surface area contributed by atoms with Crippen LogP contribution in [0.4, 0.5) is 5.82 Å². The molecule has 1 unspecified atom stereocenters. The average molecular weight is 358 g/mol. The van der Waals surface area contributed by atoms with Gasteiger partial charge in [-0.15, -0.1) is 0 Å². The summed E-state index contributed by atoms with van der Waals surface area (Å²) in [6.45, 7) is 3.47. The number of hydrogen-bond acceptors (Lipinski definition) is 6. The van der Waals surface area contributed by atoms with Crippen LogP contribution in [-0.4, -0.2) is 64.4 Å². The Morgan fingerprint density at radius 3 is 2.88 bits per heavy atom. The second kappa shape index (κ2) is 7.82. The predicted octanol–water partition coefficient (Wildman–Crippen LogP) is 1.12. The van der Waals surface area contributed by atoms with Gasteiger partial charge in [0.2, 0.25) is 5.91 Å². The standard InChI is InChI=1S/C18H26N6O2/c1-13-11-16(22(2)3)21-18(20-13)15-12-26-10-9-24(15)17(25)6-5-14-7-8-19-23(14)4/h7-8,11,15H,5-6,9-10,12H2,1-4H3. The molecule has 0 saturated carbocycles. The van der Waals surface area contributed by atoms with Gasteiger partial charge in [0.1, 0.15) is 11.9 Å². The van der Waals surface area contributed by atoms with E-state index in [0.717, 1.165) is 17.2 Å². The van der Waals surface area contributed by atoms with Gasteiger partial charge in [0.25, 0.3) is 0 Å². The minimum Gasteiger partial charge on any atom is -0.377 e. The molecule has 3 rings (SSSR count). The molecule has 8 nitrogen and oxygen atoms in total. The number of ether oxygens (including phenoxy) is 1. The van der Waals surface area contributed by atoms with E-state index in [1.807, 2.05) is 50.0 Å². The van der Waals surface area contributed by atoms with Gasteiger partial charge in [0.05, 0.1) is 13.2 Å². The molecule has 2 aromatic heterocycles. The highest BCUT2D eigenvalue weighted by molar-refractivity contribution is 5.77. The van der Waals surface area contributed by atoms with Crippen LogP contribution in [0.2, 0.25) is 0 Å². The number of aryl methyl sites for hydroxylation is 3. The van der Waals surface area contributed by atoms with Crippen LogP contribution in [0.15, 0.2) is 18.3 Å². The lowest BCUT2D eigenvalue weighted by Gasteiger charge is -2.35. The topological polar surface area (TPSA) is 76.4 Å². The summed E-state index contributed by atoms with van der Waals surface area (Å²) in [6.07, 6.45) is 2.85. The molecule has 0 radical (unpaired) electrons. The first-order chi connectivity index (χ1) is 12.5. The fourth-order valence-corrected chi connectivity index (χ4v) is 3.09. The third-order valence-electron chi connectivity index (χ3n) is 4.58. The maximum Gasteiger partial charge on any atom is 0.223 e. The molecule has 3 heterocycles. The van der Waals surface area contributed by atoms with E-state index in [2.05, 4.69) is 15.1 Å². The number of anilines is 1. The number of morpholine rings is 1. The van der Waals surface area contributed by atoms with Crippen molar-refractivity contribution in [1.82, 2.24) is 24.6 Å². The molecule has 1 aliphatic rings. The third kappa shape index (κ3) is 4.01. The van der Waals surface area contributed by atoms with Crippen molar-refractivity contribution < 1.29 is 9.53 Å². The molecular weight excluding hydrogens is 332 g/mol. The van der Waals surface area contributed by atoms with Crippen LogP contribution < -0.4 is 4.90 Å². The highest BCUT2D eigenvalue weighted by atomic mass is 16.5. The summed E-state index contributed by atoms with van der Waals surface area (Å²) in [4.78, 5) is 25.9. The first kappa shape index (κ1) is 18.3. The molecular formula is C18H26N6O2. The van der Waals surface area contributed by atoms with Crippen LogP contribution in [0.1, 0.15) is 29.7 Å². The van der Waals surface area contributed by atoms with Crippen LogP contribution in [0.3, 0.4) is 0 Å². The lowest BCUT2D eigenvalue weighted by atomic mass is 10.1. The fraction of sp³-hybridized carbons (Fsp3) is 0.556. The molecule has 1 amide bonds. The van der Waals surface area contributed by atoms with Gasteiger partial charge in [-0.05, 0) is 19.4 Å². The second-order valence-electron chi connectivity index (χ2n) is 6.74. The minimum absolute atomic E-state index is 0.0935. The number of hydrogen-bond donors (Lipinski definition) is 0. The summed E-state index contributed by atoms with van der Waals surface area (Å²) in [7, 11) is 5.78. The van der Waals surface area contributed by atoms with Crippen molar-refractivity contribution >= 4 is 11.7 Å². The smallest absolute Gasteiger partial charge is 0.223 e. The lowest BCUT2D eigenvalue weighted by molar-refractivity contribution is -0.140. The van der Waals surface area contributed by atoms with E-state index >= 15 is 0 Å². The molecule has 1 saturated heterocycles. The summed E-state index contributed by atoms with van der Waals surface area (Å²) in [6, 6.07) is 3.63. The molecule has 0 aromatic carbocycles. The van der Waals surface area contributed by atoms with Crippen molar-refractivity contribution in [3.05, 3.63) is 35.5 Å². The average Bonchev–Trinajstić information content (AvgIpc) is 3.04. The minimum atomic E-state index is -0.249. The molecule has 1 fully saturated rings. The van der Waals surface area contributed by atoms with Crippen molar-refractivity contribution in [3.8, 4) is 0 Å². The summed E-state index contributed by atoms with van der Waals surface area (Å²) in [5.74, 6) is 1.57. The molecule has 0 spiro atoms. The van der Waals surface area contributed by atoms with Gasteiger partial charge in [0.15, 0.2) is 5.82 Å².